The molecule has 0 spiro atoms. The van der Waals surface area contributed by atoms with E-state index < -0.39 is 35.5 Å². The van der Waals surface area contributed by atoms with Crippen LogP contribution >= 0.6 is 0 Å². The predicted molar refractivity (Wildman–Crippen MR) is 77.3 cm³/mol. The molecule has 0 saturated carbocycles. The fourth-order valence-electron chi connectivity index (χ4n) is 2.28. The predicted octanol–water partition coefficient (Wildman–Crippen LogP) is -0.409. The summed E-state index contributed by atoms with van der Waals surface area (Å²) < 4.78 is 4.79. The topological polar surface area (TPSA) is 167 Å². The van der Waals surface area contributed by atoms with Crippen LogP contribution in [0.4, 0.5) is 0 Å². The van der Waals surface area contributed by atoms with E-state index >= 15 is 0 Å². The van der Waals surface area contributed by atoms with Crippen molar-refractivity contribution in [1.29, 1.82) is 0 Å². The molecule has 1 aliphatic rings. The van der Waals surface area contributed by atoms with E-state index in [0.29, 0.717) is 0 Å². The van der Waals surface area contributed by atoms with Gasteiger partial charge in [-0.15, -0.1) is 0 Å². The summed E-state index contributed by atoms with van der Waals surface area (Å²) in [5.41, 5.74) is -1.79. The second-order valence-corrected chi connectivity index (χ2v) is 4.46. The van der Waals surface area contributed by atoms with Gasteiger partial charge in [0.2, 0.25) is 5.78 Å². The third-order valence-electron chi connectivity index (χ3n) is 3.20. The lowest BCUT2D eigenvalue weighted by Crippen LogP contribution is -2.27. The molecule has 0 atom stereocenters. The molecule has 0 fully saturated rings. The van der Waals surface area contributed by atoms with Gasteiger partial charge in [-0.25, -0.2) is 4.79 Å². The number of pyridine rings is 1. The molecule has 0 aliphatic heterocycles. The number of ether oxygens (including phenoxy) is 1. The van der Waals surface area contributed by atoms with Crippen LogP contribution in [0.2, 0.25) is 0 Å². The summed E-state index contributed by atoms with van der Waals surface area (Å²) in [6, 6.07) is 2.01. The molecule has 0 unspecified atom stereocenters. The smallest absolute Gasteiger partial charge is 0.352 e. The number of hydrogen-bond donors (Lipinski definition) is 4. The highest BCUT2D eigenvalue weighted by Crippen LogP contribution is 2.32. The number of carboxylic acids is 1. The second kappa shape index (κ2) is 6.30. The average Bonchev–Trinajstić information content (AvgIpc) is 2.98. The van der Waals surface area contributed by atoms with Crippen LogP contribution in [-0.2, 0) is 4.79 Å². The third-order valence-corrected chi connectivity index (χ3v) is 3.20. The van der Waals surface area contributed by atoms with Gasteiger partial charge in [0.1, 0.15) is 18.2 Å². The van der Waals surface area contributed by atoms with E-state index in [2.05, 4.69) is 9.97 Å². The summed E-state index contributed by atoms with van der Waals surface area (Å²) in [4.78, 5) is 60.0. The molecular weight excluding hydrogens is 324 g/mol. The zero-order chi connectivity index (χ0) is 18.0. The summed E-state index contributed by atoms with van der Waals surface area (Å²) in [5, 5.41) is 17.6. The van der Waals surface area contributed by atoms with Crippen LogP contribution in [0.25, 0.3) is 11.3 Å². The van der Waals surface area contributed by atoms with Crippen LogP contribution in [0.1, 0.15) is 31.3 Å². The maximum Gasteiger partial charge on any atom is 0.352 e. The molecule has 124 valence electrons. The molecular formula is C14H10N2O8. The van der Waals surface area contributed by atoms with E-state index in [1.54, 1.807) is 0 Å². The molecule has 3 rings (SSSR count). The number of hydrogen-bond acceptors (Lipinski definition) is 7. The molecule has 10 nitrogen and oxygen atoms in total. The van der Waals surface area contributed by atoms with Crippen LogP contribution in [0.15, 0.2) is 16.9 Å². The number of rotatable bonds is 3. The van der Waals surface area contributed by atoms with E-state index in [9.17, 15) is 19.2 Å². The summed E-state index contributed by atoms with van der Waals surface area (Å²) in [5.74, 6) is -3.35. The van der Waals surface area contributed by atoms with Gasteiger partial charge in [-0.1, -0.05) is 0 Å². The minimum Gasteiger partial charge on any atom is -0.477 e. The number of carbonyl (C=O) groups excluding carboxylic acids is 3. The van der Waals surface area contributed by atoms with Gasteiger partial charge in [0.05, 0.1) is 16.8 Å². The first kappa shape index (κ1) is 16.8. The minimum atomic E-state index is -1.43. The Labute approximate surface area is 132 Å². The van der Waals surface area contributed by atoms with Crippen molar-refractivity contribution >= 4 is 24.3 Å². The number of aromatic carboxylic acids is 1. The molecule has 2 heterocycles. The molecule has 10 heteroatoms. The van der Waals surface area contributed by atoms with Crippen LogP contribution in [0.3, 0.4) is 0 Å². The lowest BCUT2D eigenvalue weighted by Gasteiger charge is -2.13. The Bertz CT molecular complexity index is 908. The first-order valence-electron chi connectivity index (χ1n) is 6.29. The lowest BCUT2D eigenvalue weighted by molar-refractivity contribution is -0.0980. The number of aromatic nitrogens is 2. The molecule has 24 heavy (non-hydrogen) atoms. The molecule has 0 amide bonds. The largest absolute Gasteiger partial charge is 0.477 e. The fourth-order valence-corrected chi connectivity index (χ4v) is 2.28. The van der Waals surface area contributed by atoms with Crippen LogP contribution in [0.5, 0.6) is 5.88 Å². The quantitative estimate of drug-likeness (QED) is 0.434. The number of ketones is 2. The fraction of sp³-hybridized carbons (Fsp3) is 0.0714. The van der Waals surface area contributed by atoms with Gasteiger partial charge in [0, 0.05) is 12.1 Å². The van der Waals surface area contributed by atoms with Crippen molar-refractivity contribution in [3.8, 4) is 17.1 Å². The van der Waals surface area contributed by atoms with Crippen molar-refractivity contribution in [3.05, 3.63) is 39.3 Å². The Morgan fingerprint density at radius 3 is 2.33 bits per heavy atom. The van der Waals surface area contributed by atoms with Crippen molar-refractivity contribution in [2.24, 2.45) is 0 Å². The zero-order valence-electron chi connectivity index (χ0n) is 11.9. The summed E-state index contributed by atoms with van der Waals surface area (Å²) in [6.45, 7) is 1.34. The maximum absolute atomic E-state index is 12.1. The molecule has 0 aromatic carbocycles. The van der Waals surface area contributed by atoms with E-state index in [1.165, 1.54) is 6.07 Å². The van der Waals surface area contributed by atoms with Crippen molar-refractivity contribution in [2.45, 2.75) is 0 Å². The van der Waals surface area contributed by atoms with Gasteiger partial charge in [-0.2, -0.15) is 0 Å². The maximum atomic E-state index is 12.1. The highest BCUT2D eigenvalue weighted by atomic mass is 16.6. The molecule has 2 aromatic rings. The van der Waals surface area contributed by atoms with Crippen molar-refractivity contribution in [3.63, 3.8) is 0 Å². The summed E-state index contributed by atoms with van der Waals surface area (Å²) in [7, 11) is 0. The Kier molecular flexibility index (Phi) is 4.42. The van der Waals surface area contributed by atoms with E-state index in [1.807, 2.05) is 6.79 Å². The van der Waals surface area contributed by atoms with Crippen molar-refractivity contribution < 1.29 is 34.1 Å². The highest BCUT2D eigenvalue weighted by molar-refractivity contribution is 6.52. The molecule has 0 radical (unpaired) electrons. The van der Waals surface area contributed by atoms with Crippen molar-refractivity contribution in [2.75, 3.05) is 6.79 Å². The number of carboxylic acid groups (broad SMARTS) is 1. The Hall–Kier alpha value is -3.53. The molecule has 0 saturated heterocycles. The van der Waals surface area contributed by atoms with Crippen LogP contribution in [0, 0.1) is 0 Å². The first-order chi connectivity index (χ1) is 11.4. The normalized spacial score (nSPS) is 11.9. The first-order valence-corrected chi connectivity index (χ1v) is 6.29. The SMILES string of the molecule is C=O.O=C(O)c1cc(=O)c2c([nH]1)C(=O)C(=O)c1cc(OCO)[nH]c1-2. The number of carbonyl (C=O) groups is 4. The van der Waals surface area contributed by atoms with Gasteiger partial charge in [-0.05, 0) is 0 Å². The Balaban J connectivity index is 0.00000100. The second-order valence-electron chi connectivity index (χ2n) is 4.46. The van der Waals surface area contributed by atoms with E-state index in [0.717, 1.165) is 6.07 Å². The number of fused-ring (bicyclic) bond motifs is 3. The van der Waals surface area contributed by atoms with Gasteiger partial charge < -0.3 is 29.7 Å². The molecule has 1 aliphatic carbocycles. The van der Waals surface area contributed by atoms with Crippen LogP contribution in [-0.4, -0.2) is 51.3 Å². The lowest BCUT2D eigenvalue weighted by atomic mass is 9.91. The van der Waals surface area contributed by atoms with Gasteiger partial charge in [0.15, 0.2) is 18.1 Å². The number of H-pyrrole nitrogens is 2. The number of nitrogens with one attached hydrogen (secondary N) is 2. The van der Waals surface area contributed by atoms with Crippen molar-refractivity contribution in [1.82, 2.24) is 9.97 Å². The third kappa shape index (κ3) is 2.50. The molecule has 4 N–H and O–H groups in total. The highest BCUT2D eigenvalue weighted by Gasteiger charge is 2.35. The summed E-state index contributed by atoms with van der Waals surface area (Å²) in [6.07, 6.45) is 0. The van der Waals surface area contributed by atoms with Crippen LogP contribution < -0.4 is 10.2 Å². The number of Topliss-reactive ketones (excluding diaryl/α,β-unsaturated/α-hetero) is 2. The average molecular weight is 334 g/mol. The Morgan fingerprint density at radius 1 is 1.08 bits per heavy atom. The van der Waals surface area contributed by atoms with Gasteiger partial charge in [0.25, 0.3) is 5.78 Å². The van der Waals surface area contributed by atoms with Gasteiger partial charge >= 0.3 is 5.97 Å². The molecule has 2 aromatic heterocycles. The monoisotopic (exact) mass is 334 g/mol. The summed E-state index contributed by atoms with van der Waals surface area (Å²) >= 11 is 0. The van der Waals surface area contributed by atoms with E-state index in [4.69, 9.17) is 19.7 Å². The van der Waals surface area contributed by atoms with E-state index in [-0.39, 0.29) is 28.4 Å². The van der Waals surface area contributed by atoms with Gasteiger partial charge in [-0.3, -0.25) is 14.4 Å². The Morgan fingerprint density at radius 2 is 1.75 bits per heavy atom. The molecule has 0 bridgehead atoms. The number of aliphatic hydroxyl groups excluding tert-OH is 1. The zero-order valence-corrected chi connectivity index (χ0v) is 11.9. The number of aliphatic hydroxyl groups is 1. The standard InChI is InChI=1S/C13H8N2O7.CH2O/c16-3-22-7-1-4-9(15-7)8-6(17)2-5(13(20)21)14-10(8)12(19)11(4)18;1-2/h1-2,15-16H,3H2,(H,14,17)(H,20,21);1H2. The minimum absolute atomic E-state index is 0.00297. The number of aromatic amines is 2.